The van der Waals surface area contributed by atoms with E-state index in [0.29, 0.717) is 5.02 Å². The molecular weight excluding hydrogens is 379 g/mol. The molecule has 0 radical (unpaired) electrons. The van der Waals surface area contributed by atoms with E-state index >= 15 is 0 Å². The molecule has 1 unspecified atom stereocenters. The van der Waals surface area contributed by atoms with E-state index in [-0.39, 0.29) is 6.04 Å². The zero-order chi connectivity index (χ0) is 18.8. The summed E-state index contributed by atoms with van der Waals surface area (Å²) in [6.45, 7) is 0.733. The van der Waals surface area contributed by atoms with E-state index < -0.39 is 0 Å². The highest BCUT2D eigenvalue weighted by molar-refractivity contribution is 6.31. The van der Waals surface area contributed by atoms with Crippen LogP contribution in [-0.2, 0) is 0 Å². The third-order valence-corrected chi connectivity index (χ3v) is 5.13. The van der Waals surface area contributed by atoms with Crippen LogP contribution in [0, 0.1) is 0 Å². The molecule has 0 aliphatic carbocycles. The summed E-state index contributed by atoms with van der Waals surface area (Å²) in [5, 5.41) is 1.43. The predicted molar refractivity (Wildman–Crippen MR) is 113 cm³/mol. The first kappa shape index (κ1) is 17.9. The van der Waals surface area contributed by atoms with Gasteiger partial charge in [-0.15, -0.1) is 0 Å². The number of rotatable bonds is 4. The van der Waals surface area contributed by atoms with Gasteiger partial charge in [-0.05, 0) is 54.1 Å². The zero-order valence-corrected chi connectivity index (χ0v) is 16.3. The van der Waals surface area contributed by atoms with Crippen molar-refractivity contribution >= 4 is 34.7 Å². The summed E-state index contributed by atoms with van der Waals surface area (Å²) >= 11 is 12.1. The largest absolute Gasteiger partial charge is 0.496 e. The Balaban J connectivity index is 1.79. The maximum absolute atomic E-state index is 6.08. The molecule has 0 amide bonds. The Morgan fingerprint density at radius 3 is 2.19 bits per heavy atom. The number of aliphatic imine (C=N–C) groups is 1. The zero-order valence-electron chi connectivity index (χ0n) is 14.8. The van der Waals surface area contributed by atoms with Gasteiger partial charge in [0.15, 0.2) is 0 Å². The fourth-order valence-corrected chi connectivity index (χ4v) is 3.53. The van der Waals surface area contributed by atoms with Crippen molar-refractivity contribution < 1.29 is 4.74 Å². The number of ether oxygens (including phenoxy) is 1. The Hall–Kier alpha value is -2.49. The Morgan fingerprint density at radius 2 is 1.52 bits per heavy atom. The van der Waals surface area contributed by atoms with Crippen LogP contribution < -0.4 is 9.64 Å². The quantitative estimate of drug-likeness (QED) is 0.539. The van der Waals surface area contributed by atoms with Crippen LogP contribution in [0.5, 0.6) is 5.75 Å². The van der Waals surface area contributed by atoms with Crippen molar-refractivity contribution in [2.45, 2.75) is 6.04 Å². The first-order chi connectivity index (χ1) is 13.2. The maximum Gasteiger partial charge on any atom is 0.139 e. The van der Waals surface area contributed by atoms with Crippen molar-refractivity contribution in [2.24, 2.45) is 4.99 Å². The van der Waals surface area contributed by atoms with Gasteiger partial charge in [0.25, 0.3) is 0 Å². The number of para-hydroxylation sites is 1. The number of methoxy groups -OCH3 is 1. The molecule has 136 valence electrons. The van der Waals surface area contributed by atoms with E-state index in [0.717, 1.165) is 40.0 Å². The minimum Gasteiger partial charge on any atom is -0.496 e. The fraction of sp³-hybridized carbons (Fsp3) is 0.136. The van der Waals surface area contributed by atoms with Crippen LogP contribution in [0.2, 0.25) is 10.0 Å². The maximum atomic E-state index is 6.08. The van der Waals surface area contributed by atoms with Crippen molar-refractivity contribution in [1.82, 2.24) is 0 Å². The van der Waals surface area contributed by atoms with Crippen molar-refractivity contribution in [3.05, 3.63) is 94.0 Å². The van der Waals surface area contributed by atoms with Crippen LogP contribution in [0.25, 0.3) is 0 Å². The minimum absolute atomic E-state index is 0.0119. The second kappa shape index (κ2) is 7.63. The summed E-state index contributed by atoms with van der Waals surface area (Å²) in [4.78, 5) is 7.24. The molecule has 27 heavy (non-hydrogen) atoms. The number of hydrogen-bond acceptors (Lipinski definition) is 3. The van der Waals surface area contributed by atoms with Gasteiger partial charge in [-0.25, -0.2) is 0 Å². The standard InChI is InChI=1S/C22H18Cl2N2O/c1-27-21-5-3-2-4-19(21)22-25-20(15-6-8-16(23)9-7-15)14-26(22)18-12-10-17(24)11-13-18/h2-13,20H,14H2,1H3. The van der Waals surface area contributed by atoms with Gasteiger partial charge in [0.1, 0.15) is 11.6 Å². The lowest BCUT2D eigenvalue weighted by Crippen LogP contribution is -2.28. The van der Waals surface area contributed by atoms with Gasteiger partial charge < -0.3 is 9.64 Å². The molecular formula is C22H18Cl2N2O. The average molecular weight is 397 g/mol. The minimum atomic E-state index is 0.0119. The molecule has 1 aliphatic heterocycles. The Labute approximate surface area is 168 Å². The topological polar surface area (TPSA) is 24.8 Å². The molecule has 4 rings (SSSR count). The summed E-state index contributed by atoms with van der Waals surface area (Å²) in [7, 11) is 1.68. The van der Waals surface area contributed by atoms with Crippen molar-refractivity contribution in [3.63, 3.8) is 0 Å². The Bertz CT molecular complexity index is 968. The van der Waals surface area contributed by atoms with E-state index in [2.05, 4.69) is 4.90 Å². The number of benzene rings is 3. The third-order valence-electron chi connectivity index (χ3n) is 4.63. The van der Waals surface area contributed by atoms with Crippen molar-refractivity contribution in [2.75, 3.05) is 18.6 Å². The molecule has 0 N–H and O–H groups in total. The highest BCUT2D eigenvalue weighted by Gasteiger charge is 2.29. The van der Waals surface area contributed by atoms with Crippen LogP contribution in [0.1, 0.15) is 17.2 Å². The van der Waals surface area contributed by atoms with E-state index in [4.69, 9.17) is 32.9 Å². The summed E-state index contributed by atoms with van der Waals surface area (Å²) in [6.07, 6.45) is 0. The number of anilines is 1. The molecule has 0 aromatic heterocycles. The normalized spacial score (nSPS) is 16.3. The summed E-state index contributed by atoms with van der Waals surface area (Å²) in [6, 6.07) is 23.6. The van der Waals surface area contributed by atoms with E-state index in [1.54, 1.807) is 7.11 Å². The molecule has 0 saturated heterocycles. The van der Waals surface area contributed by atoms with Gasteiger partial charge in [-0.2, -0.15) is 0 Å². The van der Waals surface area contributed by atoms with Gasteiger partial charge in [0.2, 0.25) is 0 Å². The van der Waals surface area contributed by atoms with Crippen LogP contribution in [0.4, 0.5) is 5.69 Å². The van der Waals surface area contributed by atoms with Gasteiger partial charge >= 0.3 is 0 Å². The lowest BCUT2D eigenvalue weighted by molar-refractivity contribution is 0.414. The van der Waals surface area contributed by atoms with E-state index in [1.807, 2.05) is 72.8 Å². The Morgan fingerprint density at radius 1 is 0.889 bits per heavy atom. The smallest absolute Gasteiger partial charge is 0.139 e. The number of hydrogen-bond donors (Lipinski definition) is 0. The summed E-state index contributed by atoms with van der Waals surface area (Å²) in [5.41, 5.74) is 3.13. The molecule has 3 aromatic rings. The van der Waals surface area contributed by atoms with Gasteiger partial charge in [0.05, 0.1) is 25.3 Å². The molecule has 0 spiro atoms. The molecule has 1 aliphatic rings. The molecule has 5 heteroatoms. The lowest BCUT2D eigenvalue weighted by atomic mass is 10.1. The molecule has 3 aromatic carbocycles. The van der Waals surface area contributed by atoms with Crippen molar-refractivity contribution in [3.8, 4) is 5.75 Å². The molecule has 1 heterocycles. The van der Waals surface area contributed by atoms with Gasteiger partial charge in [0, 0.05) is 15.7 Å². The van der Waals surface area contributed by atoms with E-state index in [1.165, 1.54) is 0 Å². The van der Waals surface area contributed by atoms with Gasteiger partial charge in [-0.1, -0.05) is 47.5 Å². The second-order valence-electron chi connectivity index (χ2n) is 6.31. The van der Waals surface area contributed by atoms with Crippen LogP contribution in [0.15, 0.2) is 77.8 Å². The highest BCUT2D eigenvalue weighted by atomic mass is 35.5. The average Bonchev–Trinajstić information content (AvgIpc) is 3.14. The predicted octanol–water partition coefficient (Wildman–Crippen LogP) is 6.01. The van der Waals surface area contributed by atoms with Crippen LogP contribution >= 0.6 is 23.2 Å². The molecule has 0 bridgehead atoms. The summed E-state index contributed by atoms with van der Waals surface area (Å²) in [5.74, 6) is 1.68. The fourth-order valence-electron chi connectivity index (χ4n) is 3.28. The molecule has 0 saturated carbocycles. The molecule has 3 nitrogen and oxygen atoms in total. The third kappa shape index (κ3) is 3.66. The molecule has 1 atom stereocenters. The SMILES string of the molecule is COc1ccccc1C1=NC(c2ccc(Cl)cc2)CN1c1ccc(Cl)cc1. The lowest BCUT2D eigenvalue weighted by Gasteiger charge is -2.22. The number of amidine groups is 1. The van der Waals surface area contributed by atoms with Crippen LogP contribution in [0.3, 0.4) is 0 Å². The van der Waals surface area contributed by atoms with E-state index in [9.17, 15) is 0 Å². The first-order valence-corrected chi connectivity index (χ1v) is 9.41. The first-order valence-electron chi connectivity index (χ1n) is 8.65. The van der Waals surface area contributed by atoms with Gasteiger partial charge in [-0.3, -0.25) is 4.99 Å². The second-order valence-corrected chi connectivity index (χ2v) is 7.18. The highest BCUT2D eigenvalue weighted by Crippen LogP contribution is 2.34. The van der Waals surface area contributed by atoms with Crippen LogP contribution in [-0.4, -0.2) is 19.5 Å². The number of nitrogens with zero attached hydrogens (tertiary/aromatic N) is 2. The monoisotopic (exact) mass is 396 g/mol. The Kier molecular flexibility index (Phi) is 5.06. The van der Waals surface area contributed by atoms with Crippen molar-refractivity contribution in [1.29, 1.82) is 0 Å². The molecule has 0 fully saturated rings. The summed E-state index contributed by atoms with van der Waals surface area (Å²) < 4.78 is 5.57. The number of halogens is 2.